The number of nitrogens with zero attached hydrogens (tertiary/aromatic N) is 3. The Morgan fingerprint density at radius 3 is 2.65 bits per heavy atom. The number of amides is 1. The van der Waals surface area contributed by atoms with Crippen molar-refractivity contribution in [2.24, 2.45) is 15.1 Å². The fourth-order valence-corrected chi connectivity index (χ4v) is 2.78. The smallest absolute Gasteiger partial charge is 0.395 e. The molecule has 4 rings (SSSR count). The lowest BCUT2D eigenvalue weighted by molar-refractivity contribution is -0.286. The number of amidine groups is 1. The van der Waals surface area contributed by atoms with E-state index in [1.54, 1.807) is 0 Å². The molecule has 4 N–H and O–H groups in total. The number of rotatable bonds is 2. The average Bonchev–Trinajstić information content (AvgIpc) is 3.17. The van der Waals surface area contributed by atoms with Crippen LogP contribution in [0, 0.1) is 0 Å². The number of nitrogens with one attached hydrogen (secondary N) is 2. The van der Waals surface area contributed by atoms with Crippen molar-refractivity contribution in [1.82, 2.24) is 9.97 Å². The highest BCUT2D eigenvalue weighted by atomic mass is 32.2. The molecule has 1 amide bonds. The van der Waals surface area contributed by atoms with Crippen LogP contribution in [0.2, 0.25) is 0 Å². The third-order valence-electron chi connectivity index (χ3n) is 3.35. The summed E-state index contributed by atoms with van der Waals surface area (Å²) >= 11 is 0. The summed E-state index contributed by atoms with van der Waals surface area (Å²) in [5, 5.41) is 6.60. The Bertz CT molecular complexity index is 1080. The van der Waals surface area contributed by atoms with Gasteiger partial charge in [0.05, 0.1) is 17.6 Å². The zero-order chi connectivity index (χ0) is 18.7. The highest BCUT2D eigenvalue weighted by Gasteiger charge is 2.43. The normalized spacial score (nSPS) is 18.0. The number of nitrogens with two attached hydrogens (primary N) is 1. The summed E-state index contributed by atoms with van der Waals surface area (Å²) in [5.41, 5.74) is 0.355. The molecule has 0 bridgehead atoms. The van der Waals surface area contributed by atoms with Crippen LogP contribution < -0.4 is 19.9 Å². The van der Waals surface area contributed by atoms with Crippen molar-refractivity contribution in [1.29, 1.82) is 0 Å². The summed E-state index contributed by atoms with van der Waals surface area (Å²) in [7, 11) is -4.11. The Labute approximate surface area is 143 Å². The van der Waals surface area contributed by atoms with Gasteiger partial charge in [0, 0.05) is 12.1 Å². The Hall–Kier alpha value is -3.13. The molecule has 14 heteroatoms. The average molecular weight is 386 g/mol. The van der Waals surface area contributed by atoms with E-state index < -0.39 is 27.4 Å². The fraction of sp³-hybridized carbons (Fsp3) is 0.167. The number of aliphatic imine (C=N–C) groups is 2. The summed E-state index contributed by atoms with van der Waals surface area (Å²) in [6.45, 7) is -0.261. The van der Waals surface area contributed by atoms with Crippen molar-refractivity contribution in [3.63, 3.8) is 0 Å². The van der Waals surface area contributed by atoms with E-state index >= 15 is 0 Å². The number of aromatic amines is 1. The third-order valence-corrected chi connectivity index (χ3v) is 4.08. The zero-order valence-electron chi connectivity index (χ0n) is 12.5. The first-order valence-electron chi connectivity index (χ1n) is 6.86. The van der Waals surface area contributed by atoms with Crippen LogP contribution in [0.4, 0.5) is 14.7 Å². The SMILES string of the molecule is NS(=O)(=O)C1=NCC(C(=O)Nc2nc3cc4c(cc3[nH]2)OC(F)(F)O4)=N1. The number of ether oxygens (including phenoxy) is 2. The molecular formula is C12H8F2N6O5S. The molecule has 1 aromatic heterocycles. The first kappa shape index (κ1) is 16.3. The topological polar surface area (TPSA) is 161 Å². The van der Waals surface area contributed by atoms with E-state index in [1.165, 1.54) is 12.1 Å². The van der Waals surface area contributed by atoms with Gasteiger partial charge in [0.1, 0.15) is 5.71 Å². The van der Waals surface area contributed by atoms with E-state index in [4.69, 9.17) is 5.14 Å². The van der Waals surface area contributed by atoms with Gasteiger partial charge in [0.15, 0.2) is 11.5 Å². The third kappa shape index (κ3) is 2.84. The summed E-state index contributed by atoms with van der Waals surface area (Å²) in [4.78, 5) is 25.9. The highest BCUT2D eigenvalue weighted by molar-refractivity contribution is 8.04. The van der Waals surface area contributed by atoms with Crippen LogP contribution in [-0.4, -0.2) is 48.0 Å². The van der Waals surface area contributed by atoms with Crippen molar-refractivity contribution in [2.45, 2.75) is 6.29 Å². The first-order chi connectivity index (χ1) is 12.1. The van der Waals surface area contributed by atoms with Crippen molar-refractivity contribution in [3.8, 4) is 11.5 Å². The highest BCUT2D eigenvalue weighted by Crippen LogP contribution is 2.42. The Morgan fingerprint density at radius 2 is 2.00 bits per heavy atom. The molecule has 2 aliphatic rings. The lowest BCUT2D eigenvalue weighted by Crippen LogP contribution is -2.26. The van der Waals surface area contributed by atoms with Crippen molar-refractivity contribution < 1.29 is 31.5 Å². The van der Waals surface area contributed by atoms with Gasteiger partial charge in [-0.15, -0.1) is 8.78 Å². The molecule has 2 aromatic rings. The van der Waals surface area contributed by atoms with Crippen molar-refractivity contribution in [2.75, 3.05) is 11.9 Å². The van der Waals surface area contributed by atoms with Gasteiger partial charge in [0.2, 0.25) is 5.95 Å². The molecule has 0 spiro atoms. The molecule has 2 aliphatic heterocycles. The van der Waals surface area contributed by atoms with Crippen LogP contribution in [0.15, 0.2) is 22.1 Å². The fourth-order valence-electron chi connectivity index (χ4n) is 2.30. The number of fused-ring (bicyclic) bond motifs is 2. The molecule has 0 atom stereocenters. The molecule has 0 unspecified atom stereocenters. The van der Waals surface area contributed by atoms with E-state index in [1.807, 2.05) is 0 Å². The maximum atomic E-state index is 13.0. The zero-order valence-corrected chi connectivity index (χ0v) is 13.3. The van der Waals surface area contributed by atoms with Gasteiger partial charge in [-0.1, -0.05) is 0 Å². The van der Waals surface area contributed by atoms with E-state index in [2.05, 4.69) is 34.7 Å². The number of sulfonamides is 1. The summed E-state index contributed by atoms with van der Waals surface area (Å²) in [6, 6.07) is 2.45. The van der Waals surface area contributed by atoms with Crippen molar-refractivity contribution >= 4 is 43.8 Å². The minimum atomic E-state index is -4.11. The molecule has 11 nitrogen and oxygen atoms in total. The molecule has 0 saturated heterocycles. The molecule has 0 fully saturated rings. The molecular weight excluding hydrogens is 378 g/mol. The molecule has 136 valence electrons. The number of anilines is 1. The van der Waals surface area contributed by atoms with E-state index in [0.29, 0.717) is 5.52 Å². The van der Waals surface area contributed by atoms with Gasteiger partial charge in [0.25, 0.3) is 21.1 Å². The largest absolute Gasteiger partial charge is 0.586 e. The van der Waals surface area contributed by atoms with Crippen LogP contribution in [0.25, 0.3) is 11.0 Å². The maximum Gasteiger partial charge on any atom is 0.586 e. The predicted octanol–water partition coefficient (Wildman–Crippen LogP) is -0.0780. The van der Waals surface area contributed by atoms with Gasteiger partial charge in [-0.25, -0.2) is 28.5 Å². The monoisotopic (exact) mass is 386 g/mol. The number of H-pyrrole nitrogens is 1. The number of carbonyl (C=O) groups excluding carboxylic acids is 1. The van der Waals surface area contributed by atoms with E-state index in [0.717, 1.165) is 0 Å². The second-order valence-corrected chi connectivity index (χ2v) is 6.68. The van der Waals surface area contributed by atoms with Crippen LogP contribution >= 0.6 is 0 Å². The van der Waals surface area contributed by atoms with Gasteiger partial charge in [-0.2, -0.15) is 0 Å². The Kier molecular flexibility index (Phi) is 3.26. The summed E-state index contributed by atoms with van der Waals surface area (Å²) in [6.07, 6.45) is -3.75. The number of halogens is 2. The summed E-state index contributed by atoms with van der Waals surface area (Å²) < 4.78 is 57.0. The number of aromatic nitrogens is 2. The minimum absolute atomic E-state index is 0.0211. The number of alkyl halides is 2. The molecule has 0 radical (unpaired) electrons. The quantitative estimate of drug-likeness (QED) is 0.654. The van der Waals surface area contributed by atoms with Crippen LogP contribution in [0.5, 0.6) is 11.5 Å². The molecule has 3 heterocycles. The number of primary sulfonamides is 1. The maximum absolute atomic E-state index is 13.0. The lowest BCUT2D eigenvalue weighted by Gasteiger charge is -2.04. The number of imidazole rings is 1. The number of hydrogen-bond donors (Lipinski definition) is 3. The van der Waals surface area contributed by atoms with E-state index in [-0.39, 0.29) is 35.2 Å². The Balaban J connectivity index is 1.55. The standard InChI is InChI=1S/C12H8F2N6O5S/c13-12(14)24-7-1-4-5(2-8(7)25-12)18-10(17-4)20-9(21)6-3-16-11(19-6)26(15,22)23/h1-2H,3H2,(H2,15,22,23)(H2,17,18,20,21). The van der Waals surface area contributed by atoms with Gasteiger partial charge >= 0.3 is 6.29 Å². The van der Waals surface area contributed by atoms with Crippen LogP contribution in [-0.2, 0) is 14.8 Å². The van der Waals surface area contributed by atoms with Gasteiger partial charge in [-0.05, 0) is 0 Å². The van der Waals surface area contributed by atoms with Gasteiger partial charge < -0.3 is 14.5 Å². The minimum Gasteiger partial charge on any atom is -0.395 e. The molecule has 0 aliphatic carbocycles. The number of hydrogen-bond acceptors (Lipinski definition) is 8. The number of benzene rings is 1. The molecule has 1 aromatic carbocycles. The van der Waals surface area contributed by atoms with E-state index in [9.17, 15) is 22.0 Å². The second kappa shape index (κ2) is 5.18. The van der Waals surface area contributed by atoms with Crippen molar-refractivity contribution in [3.05, 3.63) is 12.1 Å². The van der Waals surface area contributed by atoms with Crippen LogP contribution in [0.1, 0.15) is 0 Å². The lowest BCUT2D eigenvalue weighted by atomic mass is 10.3. The number of carbonyl (C=O) groups is 1. The Morgan fingerprint density at radius 1 is 1.31 bits per heavy atom. The molecule has 0 saturated carbocycles. The molecule has 26 heavy (non-hydrogen) atoms. The van der Waals surface area contributed by atoms with Crippen LogP contribution in [0.3, 0.4) is 0 Å². The second-order valence-electron chi connectivity index (χ2n) is 5.23. The summed E-state index contributed by atoms with van der Waals surface area (Å²) in [5.74, 6) is -1.15. The van der Waals surface area contributed by atoms with Gasteiger partial charge in [-0.3, -0.25) is 10.1 Å². The predicted molar refractivity (Wildman–Crippen MR) is 83.8 cm³/mol. The first-order valence-corrected chi connectivity index (χ1v) is 8.41.